The van der Waals surface area contributed by atoms with Crippen LogP contribution in [0, 0.1) is 5.92 Å². The molecule has 1 aliphatic heterocycles. The summed E-state index contributed by atoms with van der Waals surface area (Å²) in [6.07, 6.45) is 9.42. The lowest BCUT2D eigenvalue weighted by atomic mass is 9.78. The minimum absolute atomic E-state index is 0.0189. The molecular weight excluding hydrogens is 582 g/mol. The molecule has 2 aromatic rings. The number of ether oxygens (including phenoxy) is 2. The van der Waals surface area contributed by atoms with Gasteiger partial charge >= 0.3 is 6.03 Å². The number of alkyl halides is 2. The van der Waals surface area contributed by atoms with Crippen LogP contribution in [0.25, 0.3) is 0 Å². The molecule has 10 nitrogen and oxygen atoms in total. The minimum Gasteiger partial charge on any atom is -0.497 e. The van der Waals surface area contributed by atoms with E-state index in [4.69, 9.17) is 21.1 Å². The molecule has 0 bridgehead atoms. The number of hydrogen-bond donors (Lipinski definition) is 2. The van der Waals surface area contributed by atoms with E-state index in [1.165, 1.54) is 43.0 Å². The molecule has 1 aromatic heterocycles. The minimum atomic E-state index is -2.83. The van der Waals surface area contributed by atoms with Gasteiger partial charge in [0.2, 0.25) is 11.9 Å². The van der Waals surface area contributed by atoms with E-state index in [1.807, 2.05) is 6.08 Å². The number of urea groups is 1. The highest BCUT2D eigenvalue weighted by molar-refractivity contribution is 6.35. The molecule has 5 rings (SSSR count). The van der Waals surface area contributed by atoms with E-state index in [9.17, 15) is 18.4 Å². The summed E-state index contributed by atoms with van der Waals surface area (Å²) < 4.78 is 38.3. The molecule has 43 heavy (non-hydrogen) atoms. The number of nitrogens with zero attached hydrogens (tertiary/aromatic N) is 4. The van der Waals surface area contributed by atoms with Crippen molar-refractivity contribution in [2.75, 3.05) is 35.9 Å². The van der Waals surface area contributed by atoms with Crippen molar-refractivity contribution in [2.24, 2.45) is 5.92 Å². The molecule has 13 heteroatoms. The van der Waals surface area contributed by atoms with E-state index in [-0.39, 0.29) is 52.8 Å². The van der Waals surface area contributed by atoms with Gasteiger partial charge in [0.15, 0.2) is 0 Å². The summed E-state index contributed by atoms with van der Waals surface area (Å²) in [6, 6.07) is 1.90. The van der Waals surface area contributed by atoms with Gasteiger partial charge in [0.1, 0.15) is 22.3 Å². The molecule has 3 aliphatic rings. The van der Waals surface area contributed by atoms with Crippen LogP contribution >= 0.6 is 11.6 Å². The normalized spacial score (nSPS) is 21.4. The zero-order valence-electron chi connectivity index (χ0n) is 23.9. The lowest BCUT2D eigenvalue weighted by Gasteiger charge is -2.38. The first-order valence-corrected chi connectivity index (χ1v) is 14.3. The summed E-state index contributed by atoms with van der Waals surface area (Å²) >= 11 is 6.54. The van der Waals surface area contributed by atoms with Gasteiger partial charge in [-0.05, 0) is 37.7 Å². The Morgan fingerprint density at radius 2 is 2.07 bits per heavy atom. The number of aromatic nitrogens is 2. The van der Waals surface area contributed by atoms with Crippen molar-refractivity contribution in [3.63, 3.8) is 0 Å². The topological polar surface area (TPSA) is 109 Å². The van der Waals surface area contributed by atoms with Crippen LogP contribution in [0.2, 0.25) is 5.02 Å². The Bertz CT molecular complexity index is 1470. The Labute approximate surface area is 253 Å². The van der Waals surface area contributed by atoms with Crippen LogP contribution in [0.5, 0.6) is 11.5 Å². The van der Waals surface area contributed by atoms with Gasteiger partial charge in [-0.25, -0.2) is 18.6 Å². The molecule has 2 N–H and O–H groups in total. The number of rotatable bonds is 10. The lowest BCUT2D eigenvalue weighted by Crippen LogP contribution is -2.51. The lowest BCUT2D eigenvalue weighted by molar-refractivity contribution is -0.117. The number of carbonyl (C=O) groups excluding carboxylic acids is 2. The molecular formula is C30H33ClF2N6O4. The smallest absolute Gasteiger partial charge is 0.330 e. The first-order chi connectivity index (χ1) is 20.7. The van der Waals surface area contributed by atoms with Crippen LogP contribution in [0.1, 0.15) is 31.2 Å². The van der Waals surface area contributed by atoms with Gasteiger partial charge in [-0.15, -0.1) is 0 Å². The molecule has 1 saturated carbocycles. The number of methoxy groups -OCH3 is 2. The molecule has 1 aromatic carbocycles. The zero-order valence-corrected chi connectivity index (χ0v) is 24.6. The van der Waals surface area contributed by atoms with E-state index in [0.29, 0.717) is 23.7 Å². The van der Waals surface area contributed by atoms with Gasteiger partial charge in [0, 0.05) is 36.0 Å². The molecule has 2 aliphatic carbocycles. The Morgan fingerprint density at radius 1 is 1.26 bits per heavy atom. The molecule has 1 fully saturated rings. The van der Waals surface area contributed by atoms with Gasteiger partial charge < -0.3 is 20.1 Å². The number of nitrogens with one attached hydrogen (secondary N) is 2. The van der Waals surface area contributed by atoms with E-state index in [2.05, 4.69) is 39.3 Å². The number of amides is 3. The van der Waals surface area contributed by atoms with Crippen LogP contribution < -0.4 is 29.9 Å². The number of carbonyl (C=O) groups is 2. The fourth-order valence-electron chi connectivity index (χ4n) is 5.81. The number of fused-ring (bicyclic) bond motifs is 1. The van der Waals surface area contributed by atoms with Crippen molar-refractivity contribution in [1.29, 1.82) is 0 Å². The van der Waals surface area contributed by atoms with E-state index < -0.39 is 19.0 Å². The number of halogens is 3. The second-order valence-electron chi connectivity index (χ2n) is 10.5. The Kier molecular flexibility index (Phi) is 9.14. The average Bonchev–Trinajstić information content (AvgIpc) is 3.55. The predicted molar refractivity (Wildman–Crippen MR) is 160 cm³/mol. The van der Waals surface area contributed by atoms with Gasteiger partial charge in [-0.1, -0.05) is 42.0 Å². The summed E-state index contributed by atoms with van der Waals surface area (Å²) in [7, 11) is 2.88. The number of benzene rings is 1. The number of hydrogen-bond acceptors (Lipinski definition) is 7. The highest BCUT2D eigenvalue weighted by Crippen LogP contribution is 2.42. The molecule has 0 spiro atoms. The molecule has 0 saturated heterocycles. The highest BCUT2D eigenvalue weighted by Gasteiger charge is 2.38. The molecule has 228 valence electrons. The van der Waals surface area contributed by atoms with Crippen molar-refractivity contribution in [1.82, 2.24) is 15.3 Å². The van der Waals surface area contributed by atoms with Crippen molar-refractivity contribution in [3.8, 4) is 11.5 Å². The second kappa shape index (κ2) is 13.0. The predicted octanol–water partition coefficient (Wildman–Crippen LogP) is 5.50. The average molecular weight is 615 g/mol. The zero-order chi connectivity index (χ0) is 30.7. The molecule has 3 atom stereocenters. The third-order valence-corrected chi connectivity index (χ3v) is 8.33. The Balaban J connectivity index is 1.46. The molecule has 3 amide bonds. The highest BCUT2D eigenvalue weighted by atomic mass is 35.5. The van der Waals surface area contributed by atoms with Gasteiger partial charge in [-0.3, -0.25) is 14.6 Å². The van der Waals surface area contributed by atoms with Gasteiger partial charge in [0.25, 0.3) is 6.43 Å². The van der Waals surface area contributed by atoms with Gasteiger partial charge in [0.05, 0.1) is 33.0 Å². The maximum Gasteiger partial charge on any atom is 0.330 e. The number of allylic oxidation sites excluding steroid dienone is 4. The van der Waals surface area contributed by atoms with Crippen LogP contribution in [-0.4, -0.2) is 61.2 Å². The Hall–Kier alpha value is -4.19. The quantitative estimate of drug-likeness (QED) is 0.340. The summed E-state index contributed by atoms with van der Waals surface area (Å²) in [6.45, 7) is 2.65. The third-order valence-electron chi connectivity index (χ3n) is 7.95. The molecule has 2 heterocycles. The SMILES string of the molecule is C=CC(=O)NC1CCC(C2=CC=CC2)CC1Nc1ncc2c(n1)N(CC(F)F)C(=O)N(c1cc(OC)cc(OC)c1Cl)C2. The van der Waals surface area contributed by atoms with Crippen LogP contribution in [0.3, 0.4) is 0 Å². The second-order valence-corrected chi connectivity index (χ2v) is 10.9. The first-order valence-electron chi connectivity index (χ1n) is 13.9. The summed E-state index contributed by atoms with van der Waals surface area (Å²) in [5.41, 5.74) is 2.01. The van der Waals surface area contributed by atoms with Crippen molar-refractivity contribution < 1.29 is 27.8 Å². The van der Waals surface area contributed by atoms with E-state index in [1.54, 1.807) is 6.07 Å². The third kappa shape index (κ3) is 6.43. The maximum absolute atomic E-state index is 13.8. The van der Waals surface area contributed by atoms with Crippen LogP contribution in [0.4, 0.5) is 31.0 Å². The fourth-order valence-corrected chi connectivity index (χ4v) is 6.10. The van der Waals surface area contributed by atoms with Crippen LogP contribution in [-0.2, 0) is 11.3 Å². The molecule has 0 radical (unpaired) electrons. The maximum atomic E-state index is 13.8. The van der Waals surface area contributed by atoms with Crippen molar-refractivity contribution >= 4 is 41.0 Å². The Morgan fingerprint density at radius 3 is 2.74 bits per heavy atom. The van der Waals surface area contributed by atoms with E-state index in [0.717, 1.165) is 24.2 Å². The van der Waals surface area contributed by atoms with Crippen LogP contribution in [0.15, 0.2) is 54.8 Å². The van der Waals surface area contributed by atoms with Crippen molar-refractivity contribution in [2.45, 2.75) is 50.7 Å². The number of anilines is 3. The van der Waals surface area contributed by atoms with Crippen molar-refractivity contribution in [3.05, 3.63) is 65.4 Å². The van der Waals surface area contributed by atoms with Gasteiger partial charge in [-0.2, -0.15) is 4.98 Å². The summed E-state index contributed by atoms with van der Waals surface area (Å²) in [5.74, 6) is 0.897. The first kappa shape index (κ1) is 30.3. The van der Waals surface area contributed by atoms with E-state index >= 15 is 0 Å². The monoisotopic (exact) mass is 614 g/mol. The summed E-state index contributed by atoms with van der Waals surface area (Å²) in [5, 5.41) is 6.44. The largest absolute Gasteiger partial charge is 0.497 e. The fraction of sp³-hybridized carbons (Fsp3) is 0.400. The standard InChI is InChI=1S/C30H33ClF2N6O4/c1-4-26(40)35-21-10-9-18(17-7-5-6-8-17)11-22(21)36-29-34-14-19-15-38(30(41)39(16-25(32)33)28(19)37-29)23-12-20(42-2)13-24(43-3)27(23)31/h4-7,12-14,18,21-22,25H,1,8-11,15-16H2,2-3H3,(H,35,40)(H,34,36,37). The summed E-state index contributed by atoms with van der Waals surface area (Å²) in [4.78, 5) is 37.1. The molecule has 3 unspecified atom stereocenters.